The molecule has 0 aliphatic carbocycles. The van der Waals surface area contributed by atoms with Gasteiger partial charge in [-0.1, -0.05) is 36.4 Å². The summed E-state index contributed by atoms with van der Waals surface area (Å²) in [6, 6.07) is 17.9. The van der Waals surface area contributed by atoms with Gasteiger partial charge in [0.2, 0.25) is 0 Å². The van der Waals surface area contributed by atoms with Crippen LogP contribution < -0.4 is 5.32 Å². The van der Waals surface area contributed by atoms with Gasteiger partial charge < -0.3 is 19.5 Å². The largest absolute Gasteiger partial charge is 0.615 e. The highest BCUT2D eigenvalue weighted by Crippen LogP contribution is 2.36. The van der Waals surface area contributed by atoms with Gasteiger partial charge in [0, 0.05) is 36.6 Å². The summed E-state index contributed by atoms with van der Waals surface area (Å²) in [5.74, 6) is -1.69. The normalized spacial score (nSPS) is 13.2. The van der Waals surface area contributed by atoms with E-state index >= 15 is 0 Å². The summed E-state index contributed by atoms with van der Waals surface area (Å²) >= 11 is -1.36. The monoisotopic (exact) mass is 535 g/mol. The number of allylic oxidation sites excluding steroid dienone is 1. The van der Waals surface area contributed by atoms with E-state index in [9.17, 15) is 18.1 Å². The van der Waals surface area contributed by atoms with Crippen LogP contribution >= 0.6 is 0 Å². The molecule has 2 unspecified atom stereocenters. The molecular weight excluding hydrogens is 508 g/mol. The van der Waals surface area contributed by atoms with Crippen molar-refractivity contribution >= 4 is 34.5 Å². The number of nitrogens with one attached hydrogen (secondary N) is 1. The van der Waals surface area contributed by atoms with Gasteiger partial charge in [-0.15, -0.1) is 0 Å². The van der Waals surface area contributed by atoms with Crippen molar-refractivity contribution in [2.75, 3.05) is 11.6 Å². The highest BCUT2D eigenvalue weighted by molar-refractivity contribution is 7.91. The number of hydrogen-bond donors (Lipinski definition) is 2. The van der Waals surface area contributed by atoms with E-state index in [1.165, 1.54) is 30.5 Å². The molecular formula is C29H27F2N3O3S. The predicted octanol–water partition coefficient (Wildman–Crippen LogP) is 6.05. The molecule has 1 aromatic heterocycles. The maximum absolute atomic E-state index is 13.8. The Balaban J connectivity index is 1.84. The Labute approximate surface area is 222 Å². The molecule has 2 atom stereocenters. The van der Waals surface area contributed by atoms with Crippen molar-refractivity contribution in [2.24, 2.45) is 0 Å². The summed E-state index contributed by atoms with van der Waals surface area (Å²) in [4.78, 5) is 15.3. The topological polar surface area (TPSA) is 90.2 Å². The molecule has 0 aliphatic heterocycles. The Morgan fingerprint density at radius 2 is 1.79 bits per heavy atom. The third-order valence-corrected chi connectivity index (χ3v) is 7.18. The number of halogens is 2. The summed E-state index contributed by atoms with van der Waals surface area (Å²) in [5, 5.41) is 11.8. The van der Waals surface area contributed by atoms with Gasteiger partial charge in [-0.3, -0.25) is 4.79 Å². The number of hydrogen-bond acceptors (Lipinski definition) is 4. The second-order valence-corrected chi connectivity index (χ2v) is 10.3. The number of nitrogens with zero attached hydrogens (tertiary/aromatic N) is 2. The number of aliphatic carboxylic acids is 1. The molecule has 3 aromatic carbocycles. The maximum Gasteiger partial charge on any atom is 0.303 e. The van der Waals surface area contributed by atoms with Crippen molar-refractivity contribution in [1.82, 2.24) is 9.55 Å². The summed E-state index contributed by atoms with van der Waals surface area (Å²) in [7, 11) is 0. The third-order valence-electron chi connectivity index (χ3n) is 6.02. The van der Waals surface area contributed by atoms with Crippen LogP contribution in [0.2, 0.25) is 0 Å². The van der Waals surface area contributed by atoms with Gasteiger partial charge in [-0.05, 0) is 69.8 Å². The van der Waals surface area contributed by atoms with Crippen LogP contribution in [0, 0.1) is 11.6 Å². The van der Waals surface area contributed by atoms with Crippen LogP contribution in [0.1, 0.15) is 24.0 Å². The van der Waals surface area contributed by atoms with E-state index in [4.69, 9.17) is 5.11 Å². The lowest BCUT2D eigenvalue weighted by Gasteiger charge is -2.23. The number of aromatic nitrogens is 2. The smallest absolute Gasteiger partial charge is 0.303 e. The summed E-state index contributed by atoms with van der Waals surface area (Å²) in [5.41, 5.74) is 4.59. The number of carboxylic acid groups (broad SMARTS) is 1. The van der Waals surface area contributed by atoms with Crippen LogP contribution in [-0.2, 0) is 22.5 Å². The molecule has 6 nitrogen and oxygen atoms in total. The standard InChI is InChI=1S/C29H27F2N3O3S/c1-38(37)27(13-14-28(35)36)33-26-4-2-3-22(29(26)21-7-11-25(31)12-8-21)17-23(18-34-16-15-32-19-34)20-5-9-24(30)10-6-20/h2-12,15-17,19,27,33H,13-14,18H2,1H3,(H,35,36)/b23-17-. The fourth-order valence-electron chi connectivity index (χ4n) is 4.15. The molecule has 196 valence electrons. The van der Waals surface area contributed by atoms with Crippen LogP contribution in [0.15, 0.2) is 85.5 Å². The second kappa shape index (κ2) is 12.5. The van der Waals surface area contributed by atoms with E-state index in [-0.39, 0.29) is 24.5 Å². The van der Waals surface area contributed by atoms with Crippen molar-refractivity contribution in [1.29, 1.82) is 0 Å². The second-order valence-electron chi connectivity index (χ2n) is 8.75. The first-order valence-electron chi connectivity index (χ1n) is 11.9. The van der Waals surface area contributed by atoms with Crippen molar-refractivity contribution < 1.29 is 23.2 Å². The molecule has 0 aliphatic rings. The first-order chi connectivity index (χ1) is 18.3. The molecule has 0 radical (unpaired) electrons. The fraction of sp³-hybridized carbons (Fsp3) is 0.172. The lowest BCUT2D eigenvalue weighted by molar-refractivity contribution is -0.137. The minimum absolute atomic E-state index is 0.137. The van der Waals surface area contributed by atoms with Gasteiger partial charge in [0.1, 0.15) is 11.6 Å². The number of benzene rings is 3. The molecule has 9 heteroatoms. The van der Waals surface area contributed by atoms with Gasteiger partial charge in [-0.2, -0.15) is 0 Å². The van der Waals surface area contributed by atoms with E-state index in [0.29, 0.717) is 12.2 Å². The SMILES string of the molecule is C[S+]([O-])C(CCC(=O)O)Nc1cccc(/C=C(/Cn2ccnc2)c2ccc(F)cc2)c1-c1ccc(F)cc1. The first kappa shape index (κ1) is 27.1. The van der Waals surface area contributed by atoms with Gasteiger partial charge in [0.25, 0.3) is 0 Å². The van der Waals surface area contributed by atoms with Gasteiger partial charge >= 0.3 is 5.97 Å². The quantitative estimate of drug-likeness (QED) is 0.180. The zero-order valence-electron chi connectivity index (χ0n) is 20.7. The number of rotatable bonds is 11. The lowest BCUT2D eigenvalue weighted by atomic mass is 9.94. The Kier molecular flexibility index (Phi) is 8.93. The Bertz CT molecular complexity index is 1390. The van der Waals surface area contributed by atoms with Gasteiger partial charge in [-0.25, -0.2) is 13.8 Å². The van der Waals surface area contributed by atoms with Crippen molar-refractivity contribution in [3.63, 3.8) is 0 Å². The Morgan fingerprint density at radius 3 is 2.39 bits per heavy atom. The van der Waals surface area contributed by atoms with E-state index in [0.717, 1.165) is 27.8 Å². The maximum atomic E-state index is 13.8. The Hall–Kier alpha value is -3.95. The van der Waals surface area contributed by atoms with Crippen LogP contribution in [-0.4, -0.2) is 36.8 Å². The summed E-state index contributed by atoms with van der Waals surface area (Å²) in [6.45, 7) is 0.465. The van der Waals surface area contributed by atoms with Crippen molar-refractivity contribution in [2.45, 2.75) is 24.8 Å². The zero-order valence-corrected chi connectivity index (χ0v) is 21.5. The molecule has 0 spiro atoms. The van der Waals surface area contributed by atoms with Crippen LogP contribution in [0.5, 0.6) is 0 Å². The lowest BCUT2D eigenvalue weighted by Crippen LogP contribution is -2.29. The highest BCUT2D eigenvalue weighted by atomic mass is 32.2. The Morgan fingerprint density at radius 1 is 1.11 bits per heavy atom. The first-order valence-corrected chi connectivity index (χ1v) is 13.5. The molecule has 0 fully saturated rings. The molecule has 0 amide bonds. The number of carbonyl (C=O) groups is 1. The number of anilines is 1. The van der Waals surface area contributed by atoms with Gasteiger partial charge in [0.05, 0.1) is 19.0 Å². The average molecular weight is 536 g/mol. The van der Waals surface area contributed by atoms with Gasteiger partial charge in [0.15, 0.2) is 5.37 Å². The van der Waals surface area contributed by atoms with E-state index < -0.39 is 22.5 Å². The van der Waals surface area contributed by atoms with Crippen LogP contribution in [0.25, 0.3) is 22.8 Å². The van der Waals surface area contributed by atoms with Crippen LogP contribution in [0.4, 0.5) is 14.5 Å². The molecule has 0 saturated heterocycles. The molecule has 4 aromatic rings. The minimum Gasteiger partial charge on any atom is -0.615 e. The third kappa shape index (κ3) is 7.08. The average Bonchev–Trinajstić information content (AvgIpc) is 3.40. The molecule has 1 heterocycles. The fourth-order valence-corrected chi connectivity index (χ4v) is 4.89. The van der Waals surface area contributed by atoms with Crippen LogP contribution in [0.3, 0.4) is 0 Å². The predicted molar refractivity (Wildman–Crippen MR) is 147 cm³/mol. The zero-order chi connectivity index (χ0) is 27.1. The summed E-state index contributed by atoms with van der Waals surface area (Å²) < 4.78 is 41.9. The van der Waals surface area contributed by atoms with E-state index in [2.05, 4.69) is 10.3 Å². The van der Waals surface area contributed by atoms with E-state index in [1.807, 2.05) is 35.0 Å². The van der Waals surface area contributed by atoms with Crippen molar-refractivity contribution in [3.05, 3.63) is 108 Å². The molecule has 2 N–H and O–H groups in total. The highest BCUT2D eigenvalue weighted by Gasteiger charge is 2.22. The molecule has 0 bridgehead atoms. The molecule has 0 saturated carbocycles. The molecule has 38 heavy (non-hydrogen) atoms. The molecule has 4 rings (SSSR count). The number of carboxylic acids is 1. The number of imidazole rings is 1. The summed E-state index contributed by atoms with van der Waals surface area (Å²) in [6.07, 6.45) is 8.74. The minimum atomic E-state index is -1.36. The van der Waals surface area contributed by atoms with Crippen molar-refractivity contribution in [3.8, 4) is 11.1 Å². The van der Waals surface area contributed by atoms with E-state index in [1.54, 1.807) is 36.8 Å².